The molecule has 1 aliphatic rings. The predicted octanol–water partition coefficient (Wildman–Crippen LogP) is 2.15. The van der Waals surface area contributed by atoms with E-state index in [4.69, 9.17) is 16.3 Å². The average molecular weight is 272 g/mol. The van der Waals surface area contributed by atoms with Crippen LogP contribution in [0, 0.1) is 5.92 Å². The van der Waals surface area contributed by atoms with Gasteiger partial charge in [0.25, 0.3) is 0 Å². The van der Waals surface area contributed by atoms with Crippen molar-refractivity contribution in [1.29, 1.82) is 0 Å². The van der Waals surface area contributed by atoms with Crippen LogP contribution in [0.25, 0.3) is 0 Å². The number of nitrogens with one attached hydrogen (secondary N) is 1. The Balaban J connectivity index is 1.84. The first kappa shape index (κ1) is 13.8. The number of aryl methyl sites for hydroxylation is 2. The van der Waals surface area contributed by atoms with E-state index in [1.54, 1.807) is 0 Å². The lowest BCUT2D eigenvalue weighted by molar-refractivity contribution is 0.0547. The van der Waals surface area contributed by atoms with Gasteiger partial charge in [0.1, 0.15) is 0 Å². The first-order valence-corrected chi connectivity index (χ1v) is 7.08. The van der Waals surface area contributed by atoms with Crippen LogP contribution < -0.4 is 5.32 Å². The predicted molar refractivity (Wildman–Crippen MR) is 72.8 cm³/mol. The monoisotopic (exact) mass is 271 g/mol. The number of nitrogens with zero attached hydrogens (tertiary/aromatic N) is 2. The minimum atomic E-state index is 0.636. The van der Waals surface area contributed by atoms with E-state index >= 15 is 0 Å². The lowest BCUT2D eigenvalue weighted by Gasteiger charge is -2.22. The molecule has 1 saturated heterocycles. The third-order valence-corrected chi connectivity index (χ3v) is 3.92. The fourth-order valence-electron chi connectivity index (χ4n) is 2.37. The van der Waals surface area contributed by atoms with Gasteiger partial charge in [0.05, 0.1) is 23.0 Å². The minimum absolute atomic E-state index is 0.636. The molecule has 1 atom stereocenters. The molecule has 0 amide bonds. The summed E-state index contributed by atoms with van der Waals surface area (Å²) in [6.45, 7) is 5.64. The van der Waals surface area contributed by atoms with Crippen molar-refractivity contribution in [3.63, 3.8) is 0 Å². The zero-order valence-corrected chi connectivity index (χ0v) is 12.0. The highest BCUT2D eigenvalue weighted by molar-refractivity contribution is 6.31. The van der Waals surface area contributed by atoms with Gasteiger partial charge in [-0.05, 0) is 25.2 Å². The number of aromatic nitrogens is 2. The van der Waals surface area contributed by atoms with Gasteiger partial charge in [-0.25, -0.2) is 0 Å². The molecule has 4 nitrogen and oxygen atoms in total. The molecular formula is C13H22ClN3O. The summed E-state index contributed by atoms with van der Waals surface area (Å²) in [5.41, 5.74) is 2.06. The fourth-order valence-corrected chi connectivity index (χ4v) is 2.74. The highest BCUT2D eigenvalue weighted by Gasteiger charge is 2.15. The molecule has 1 unspecified atom stereocenters. The first-order chi connectivity index (χ1) is 8.72. The van der Waals surface area contributed by atoms with Crippen molar-refractivity contribution in [2.24, 2.45) is 13.0 Å². The Bertz CT molecular complexity index is 386. The van der Waals surface area contributed by atoms with Crippen molar-refractivity contribution in [2.75, 3.05) is 19.8 Å². The summed E-state index contributed by atoms with van der Waals surface area (Å²) < 4.78 is 7.35. The SMILES string of the molecule is CCc1nn(C)c(CNCC2CCCOC2)c1Cl. The van der Waals surface area contributed by atoms with Crippen molar-refractivity contribution < 1.29 is 4.74 Å². The van der Waals surface area contributed by atoms with Gasteiger partial charge in [0.15, 0.2) is 0 Å². The van der Waals surface area contributed by atoms with E-state index in [1.807, 2.05) is 11.7 Å². The highest BCUT2D eigenvalue weighted by Crippen LogP contribution is 2.20. The Labute approximate surface area is 114 Å². The van der Waals surface area contributed by atoms with Gasteiger partial charge in [0.2, 0.25) is 0 Å². The smallest absolute Gasteiger partial charge is 0.0863 e. The molecular weight excluding hydrogens is 250 g/mol. The maximum atomic E-state index is 6.30. The van der Waals surface area contributed by atoms with E-state index in [9.17, 15) is 0 Å². The van der Waals surface area contributed by atoms with Crippen LogP contribution >= 0.6 is 11.6 Å². The van der Waals surface area contributed by atoms with Crippen LogP contribution in [0.1, 0.15) is 31.2 Å². The molecule has 5 heteroatoms. The Morgan fingerprint density at radius 1 is 1.56 bits per heavy atom. The molecule has 1 aliphatic heterocycles. The van der Waals surface area contributed by atoms with Crippen molar-refractivity contribution in [3.05, 3.63) is 16.4 Å². The Morgan fingerprint density at radius 3 is 3.00 bits per heavy atom. The first-order valence-electron chi connectivity index (χ1n) is 6.71. The fraction of sp³-hybridized carbons (Fsp3) is 0.769. The maximum Gasteiger partial charge on any atom is 0.0863 e. The molecule has 1 fully saturated rings. The molecule has 0 bridgehead atoms. The lowest BCUT2D eigenvalue weighted by atomic mass is 10.0. The van der Waals surface area contributed by atoms with E-state index in [0.717, 1.165) is 49.1 Å². The van der Waals surface area contributed by atoms with Crippen LogP contribution in [0.2, 0.25) is 5.02 Å². The minimum Gasteiger partial charge on any atom is -0.381 e. The lowest BCUT2D eigenvalue weighted by Crippen LogP contribution is -2.29. The van der Waals surface area contributed by atoms with Crippen molar-refractivity contribution in [3.8, 4) is 0 Å². The van der Waals surface area contributed by atoms with Crippen LogP contribution in [0.15, 0.2) is 0 Å². The third kappa shape index (κ3) is 3.25. The van der Waals surface area contributed by atoms with E-state index in [-0.39, 0.29) is 0 Å². The second kappa shape index (κ2) is 6.55. The second-order valence-electron chi connectivity index (χ2n) is 4.90. The van der Waals surface area contributed by atoms with Crippen molar-refractivity contribution in [1.82, 2.24) is 15.1 Å². The summed E-state index contributed by atoms with van der Waals surface area (Å²) in [7, 11) is 1.95. The Hall–Kier alpha value is -0.580. The summed E-state index contributed by atoms with van der Waals surface area (Å²) in [5.74, 6) is 0.636. The number of ether oxygens (including phenoxy) is 1. The van der Waals surface area contributed by atoms with Gasteiger partial charge in [-0.3, -0.25) is 4.68 Å². The standard InChI is InChI=1S/C13H22ClN3O/c1-3-11-13(14)12(17(2)16-11)8-15-7-10-5-4-6-18-9-10/h10,15H,3-9H2,1-2H3. The zero-order valence-electron chi connectivity index (χ0n) is 11.2. The molecule has 1 aromatic rings. The van der Waals surface area contributed by atoms with Gasteiger partial charge in [-0.1, -0.05) is 18.5 Å². The maximum absolute atomic E-state index is 6.30. The molecule has 0 radical (unpaired) electrons. The summed E-state index contributed by atoms with van der Waals surface area (Å²) in [5, 5.41) is 8.69. The number of hydrogen-bond donors (Lipinski definition) is 1. The molecule has 0 saturated carbocycles. The van der Waals surface area contributed by atoms with Crippen LogP contribution in [-0.4, -0.2) is 29.5 Å². The third-order valence-electron chi connectivity index (χ3n) is 3.48. The molecule has 0 spiro atoms. The summed E-state index contributed by atoms with van der Waals surface area (Å²) >= 11 is 6.30. The molecule has 0 aromatic carbocycles. The van der Waals surface area contributed by atoms with E-state index < -0.39 is 0 Å². The van der Waals surface area contributed by atoms with Crippen LogP contribution in [0.3, 0.4) is 0 Å². The molecule has 0 aliphatic carbocycles. The van der Waals surface area contributed by atoms with Gasteiger partial charge in [0, 0.05) is 26.7 Å². The number of halogens is 1. The molecule has 1 aromatic heterocycles. The van der Waals surface area contributed by atoms with Crippen molar-refractivity contribution >= 4 is 11.6 Å². The second-order valence-corrected chi connectivity index (χ2v) is 5.28. The van der Waals surface area contributed by atoms with Gasteiger partial charge >= 0.3 is 0 Å². The largest absolute Gasteiger partial charge is 0.381 e. The van der Waals surface area contributed by atoms with E-state index in [1.165, 1.54) is 12.8 Å². The van der Waals surface area contributed by atoms with Crippen LogP contribution in [-0.2, 0) is 24.8 Å². The van der Waals surface area contributed by atoms with E-state index in [2.05, 4.69) is 17.3 Å². The van der Waals surface area contributed by atoms with Gasteiger partial charge in [-0.2, -0.15) is 5.10 Å². The highest BCUT2D eigenvalue weighted by atomic mass is 35.5. The molecule has 102 valence electrons. The molecule has 1 N–H and O–H groups in total. The number of hydrogen-bond acceptors (Lipinski definition) is 3. The Morgan fingerprint density at radius 2 is 2.39 bits per heavy atom. The van der Waals surface area contributed by atoms with Crippen LogP contribution in [0.5, 0.6) is 0 Å². The van der Waals surface area contributed by atoms with Crippen molar-refractivity contribution in [2.45, 2.75) is 32.7 Å². The van der Waals surface area contributed by atoms with E-state index in [0.29, 0.717) is 5.92 Å². The average Bonchev–Trinajstić information content (AvgIpc) is 2.67. The summed E-state index contributed by atoms with van der Waals surface area (Å²) in [6, 6.07) is 0. The van der Waals surface area contributed by atoms with Gasteiger partial charge < -0.3 is 10.1 Å². The summed E-state index contributed by atoms with van der Waals surface area (Å²) in [4.78, 5) is 0. The molecule has 2 heterocycles. The zero-order chi connectivity index (χ0) is 13.0. The Kier molecular flexibility index (Phi) is 5.03. The topological polar surface area (TPSA) is 39.1 Å². The number of rotatable bonds is 5. The summed E-state index contributed by atoms with van der Waals surface area (Å²) in [6.07, 6.45) is 3.31. The molecule has 18 heavy (non-hydrogen) atoms. The molecule has 2 rings (SSSR count). The normalized spacial score (nSPS) is 20.3. The van der Waals surface area contributed by atoms with Gasteiger partial charge in [-0.15, -0.1) is 0 Å². The van der Waals surface area contributed by atoms with Crippen LogP contribution in [0.4, 0.5) is 0 Å². The quantitative estimate of drug-likeness (QED) is 0.892.